The summed E-state index contributed by atoms with van der Waals surface area (Å²) in [6.07, 6.45) is 2.56. The fourth-order valence-corrected chi connectivity index (χ4v) is 3.61. The molecule has 11 heteroatoms. The van der Waals surface area contributed by atoms with E-state index in [1.807, 2.05) is 5.38 Å². The number of non-ortho nitro benzene ring substituents is 1. The number of benzene rings is 2. The normalized spacial score (nSPS) is 11.3. The first kappa shape index (κ1) is 22.8. The molecule has 2 amide bonds. The van der Waals surface area contributed by atoms with Gasteiger partial charge in [-0.2, -0.15) is 5.10 Å². The van der Waals surface area contributed by atoms with Gasteiger partial charge in [-0.25, -0.2) is 5.43 Å². The van der Waals surface area contributed by atoms with Crippen molar-refractivity contribution < 1.29 is 19.6 Å². The summed E-state index contributed by atoms with van der Waals surface area (Å²) in [6.45, 7) is 0. The standard InChI is InChI=1S/C21H15BrN4O5S/c22-17-10-15(26(30)31)9-14(19(17)27)12-23-25-21(29)18(11-16-7-4-8-32-16)24-20(28)13-5-2-1-3-6-13/h1-12,27H,(H,24,28)(H,25,29)/b18-11+,23-12+. The van der Waals surface area contributed by atoms with Gasteiger partial charge in [0.2, 0.25) is 0 Å². The Bertz CT molecular complexity index is 1210. The van der Waals surface area contributed by atoms with Gasteiger partial charge < -0.3 is 10.4 Å². The van der Waals surface area contributed by atoms with E-state index in [1.165, 1.54) is 17.4 Å². The van der Waals surface area contributed by atoms with Crippen LogP contribution in [0.4, 0.5) is 5.69 Å². The maximum absolute atomic E-state index is 12.7. The molecular formula is C21H15BrN4O5S. The Kier molecular flexibility index (Phi) is 7.47. The first-order chi connectivity index (χ1) is 15.3. The molecule has 0 aliphatic heterocycles. The maximum atomic E-state index is 12.7. The third kappa shape index (κ3) is 5.86. The molecule has 3 N–H and O–H groups in total. The van der Waals surface area contributed by atoms with Crippen molar-refractivity contribution in [2.75, 3.05) is 0 Å². The molecule has 0 spiro atoms. The number of hydrogen-bond donors (Lipinski definition) is 3. The van der Waals surface area contributed by atoms with E-state index in [-0.39, 0.29) is 27.2 Å². The molecule has 0 atom stereocenters. The summed E-state index contributed by atoms with van der Waals surface area (Å²) in [5.74, 6) is -1.48. The number of aromatic hydroxyl groups is 1. The van der Waals surface area contributed by atoms with Gasteiger partial charge in [0, 0.05) is 28.1 Å². The minimum atomic E-state index is -0.720. The van der Waals surface area contributed by atoms with E-state index in [0.717, 1.165) is 23.2 Å². The van der Waals surface area contributed by atoms with Crippen LogP contribution in [-0.2, 0) is 4.79 Å². The predicted octanol–water partition coefficient (Wildman–Crippen LogP) is 4.05. The summed E-state index contributed by atoms with van der Waals surface area (Å²) < 4.78 is 0.105. The molecule has 2 aromatic carbocycles. The number of carbonyl (C=O) groups is 2. The van der Waals surface area contributed by atoms with Crippen LogP contribution in [0.15, 0.2) is 75.2 Å². The van der Waals surface area contributed by atoms with Crippen molar-refractivity contribution in [3.8, 4) is 5.75 Å². The van der Waals surface area contributed by atoms with Crippen LogP contribution in [0.3, 0.4) is 0 Å². The zero-order valence-corrected chi connectivity index (χ0v) is 18.6. The van der Waals surface area contributed by atoms with Gasteiger partial charge in [-0.15, -0.1) is 11.3 Å². The SMILES string of the molecule is O=C(N/N=C/c1cc([N+](=O)[O-])cc(Br)c1O)/C(=C\c1cccs1)NC(=O)c1ccccc1. The molecule has 32 heavy (non-hydrogen) atoms. The zero-order valence-electron chi connectivity index (χ0n) is 16.2. The topological polar surface area (TPSA) is 134 Å². The van der Waals surface area contributed by atoms with Crippen molar-refractivity contribution in [3.63, 3.8) is 0 Å². The van der Waals surface area contributed by atoms with Crippen molar-refractivity contribution in [2.24, 2.45) is 5.10 Å². The monoisotopic (exact) mass is 514 g/mol. The lowest BCUT2D eigenvalue weighted by Crippen LogP contribution is -2.32. The highest BCUT2D eigenvalue weighted by Gasteiger charge is 2.16. The van der Waals surface area contributed by atoms with Crippen molar-refractivity contribution in [2.45, 2.75) is 0 Å². The molecule has 162 valence electrons. The predicted molar refractivity (Wildman–Crippen MR) is 124 cm³/mol. The fraction of sp³-hybridized carbons (Fsp3) is 0. The molecule has 0 aliphatic carbocycles. The van der Waals surface area contributed by atoms with E-state index < -0.39 is 16.7 Å². The number of nitro groups is 1. The number of rotatable bonds is 7. The number of amides is 2. The molecule has 3 rings (SSSR count). The molecule has 1 aromatic heterocycles. The molecule has 1 heterocycles. The molecule has 0 saturated carbocycles. The van der Waals surface area contributed by atoms with Crippen molar-refractivity contribution in [1.29, 1.82) is 0 Å². The number of halogens is 1. The first-order valence-corrected chi connectivity index (χ1v) is 10.6. The van der Waals surface area contributed by atoms with Gasteiger partial charge in [-0.05, 0) is 45.6 Å². The third-order valence-electron chi connectivity index (χ3n) is 4.02. The van der Waals surface area contributed by atoms with Crippen LogP contribution < -0.4 is 10.7 Å². The van der Waals surface area contributed by atoms with E-state index in [1.54, 1.807) is 42.5 Å². The van der Waals surface area contributed by atoms with E-state index in [4.69, 9.17) is 0 Å². The Morgan fingerprint density at radius 3 is 2.56 bits per heavy atom. The van der Waals surface area contributed by atoms with Gasteiger partial charge in [0.15, 0.2) is 0 Å². The smallest absolute Gasteiger partial charge is 0.287 e. The highest BCUT2D eigenvalue weighted by Crippen LogP contribution is 2.31. The lowest BCUT2D eigenvalue weighted by molar-refractivity contribution is -0.385. The van der Waals surface area contributed by atoms with Gasteiger partial charge >= 0.3 is 0 Å². The Balaban J connectivity index is 1.80. The lowest BCUT2D eigenvalue weighted by atomic mass is 10.2. The van der Waals surface area contributed by atoms with E-state index in [9.17, 15) is 24.8 Å². The van der Waals surface area contributed by atoms with Gasteiger partial charge in [-0.1, -0.05) is 24.3 Å². The van der Waals surface area contributed by atoms with Crippen LogP contribution in [0, 0.1) is 10.1 Å². The lowest BCUT2D eigenvalue weighted by Gasteiger charge is -2.09. The van der Waals surface area contributed by atoms with Crippen LogP contribution in [0.5, 0.6) is 5.75 Å². The van der Waals surface area contributed by atoms with Gasteiger partial charge in [0.05, 0.1) is 15.6 Å². The van der Waals surface area contributed by atoms with Crippen LogP contribution in [-0.4, -0.2) is 28.1 Å². The summed E-state index contributed by atoms with van der Waals surface area (Å²) in [5, 5.41) is 29.2. The number of phenols is 1. The largest absolute Gasteiger partial charge is 0.506 e. The summed E-state index contributed by atoms with van der Waals surface area (Å²) in [4.78, 5) is 36.3. The van der Waals surface area contributed by atoms with Crippen LogP contribution in [0.2, 0.25) is 0 Å². The summed E-state index contributed by atoms with van der Waals surface area (Å²) in [5.41, 5.74) is 2.32. The second-order valence-corrected chi connectivity index (χ2v) is 8.05. The third-order valence-corrected chi connectivity index (χ3v) is 5.44. The molecule has 0 fully saturated rings. The summed E-state index contributed by atoms with van der Waals surface area (Å²) in [6, 6.07) is 14.2. The number of carbonyl (C=O) groups excluding carboxylic acids is 2. The van der Waals surface area contributed by atoms with Crippen LogP contribution in [0.1, 0.15) is 20.8 Å². The second-order valence-electron chi connectivity index (χ2n) is 6.22. The zero-order chi connectivity index (χ0) is 23.1. The highest BCUT2D eigenvalue weighted by atomic mass is 79.9. The molecule has 3 aromatic rings. The van der Waals surface area contributed by atoms with Crippen LogP contribution >= 0.6 is 27.3 Å². The fourth-order valence-electron chi connectivity index (χ4n) is 2.49. The summed E-state index contributed by atoms with van der Waals surface area (Å²) >= 11 is 4.40. The Hall–Kier alpha value is -3.83. The van der Waals surface area contributed by atoms with Gasteiger partial charge in [0.1, 0.15) is 11.4 Å². The minimum Gasteiger partial charge on any atom is -0.506 e. The Morgan fingerprint density at radius 1 is 1.16 bits per heavy atom. The average molecular weight is 515 g/mol. The van der Waals surface area contributed by atoms with Crippen LogP contribution in [0.25, 0.3) is 6.08 Å². The van der Waals surface area contributed by atoms with E-state index in [0.29, 0.717) is 5.56 Å². The maximum Gasteiger partial charge on any atom is 0.287 e. The van der Waals surface area contributed by atoms with E-state index in [2.05, 4.69) is 31.8 Å². The number of thiophene rings is 1. The molecule has 0 bridgehead atoms. The van der Waals surface area contributed by atoms with E-state index >= 15 is 0 Å². The van der Waals surface area contributed by atoms with Gasteiger partial charge in [0.25, 0.3) is 17.5 Å². The molecule has 0 radical (unpaired) electrons. The number of hydrazone groups is 1. The first-order valence-electron chi connectivity index (χ1n) is 8.97. The molecule has 9 nitrogen and oxygen atoms in total. The molecule has 0 unspecified atom stereocenters. The number of nitro benzene ring substituents is 1. The molecule has 0 saturated heterocycles. The molecule has 0 aliphatic rings. The summed E-state index contributed by atoms with van der Waals surface area (Å²) in [7, 11) is 0. The van der Waals surface area contributed by atoms with Gasteiger partial charge in [-0.3, -0.25) is 19.7 Å². The Labute approximate surface area is 194 Å². The number of nitrogens with one attached hydrogen (secondary N) is 2. The average Bonchev–Trinajstić information content (AvgIpc) is 3.29. The highest BCUT2D eigenvalue weighted by molar-refractivity contribution is 9.10. The minimum absolute atomic E-state index is 0.0171. The Morgan fingerprint density at radius 2 is 1.91 bits per heavy atom. The number of phenolic OH excluding ortho intramolecular Hbond substituents is 1. The van der Waals surface area contributed by atoms with Crippen molar-refractivity contribution >= 4 is 57.1 Å². The number of nitrogens with zero attached hydrogens (tertiary/aromatic N) is 2. The van der Waals surface area contributed by atoms with Crippen molar-refractivity contribution in [1.82, 2.24) is 10.7 Å². The van der Waals surface area contributed by atoms with Crippen molar-refractivity contribution in [3.05, 3.63) is 96.3 Å². The molecular weight excluding hydrogens is 500 g/mol. The second kappa shape index (κ2) is 10.5. The quantitative estimate of drug-likeness (QED) is 0.189. The number of hydrogen-bond acceptors (Lipinski definition) is 7.